The summed E-state index contributed by atoms with van der Waals surface area (Å²) < 4.78 is 5.33. The first-order valence-electron chi connectivity index (χ1n) is 10.8. The first-order chi connectivity index (χ1) is 15.8. The molecule has 0 N–H and O–H groups in total. The normalized spacial score (nSPS) is 11.2. The zero-order valence-corrected chi connectivity index (χ0v) is 18.5. The largest absolute Gasteiger partial charge is 0.497 e. The fraction of sp³-hybridized carbons (Fsp3) is 0.0667. The maximum atomic E-state index is 5.33. The Labute approximate surface area is 190 Å². The monoisotopic (exact) mass is 417 g/mol. The molecule has 2 heteroatoms. The molecule has 0 spiro atoms. The highest BCUT2D eigenvalue weighted by Gasteiger charge is 2.12. The molecule has 0 aliphatic carbocycles. The summed E-state index contributed by atoms with van der Waals surface area (Å²) in [5.41, 5.74) is 6.87. The molecule has 0 saturated heterocycles. The minimum absolute atomic E-state index is 0.848. The van der Waals surface area contributed by atoms with Crippen LogP contribution in [-0.2, 0) is 0 Å². The number of rotatable bonds is 7. The molecule has 0 bridgehead atoms. The highest BCUT2D eigenvalue weighted by Crippen LogP contribution is 2.35. The topological polar surface area (TPSA) is 12.5 Å². The molecule has 32 heavy (non-hydrogen) atoms. The summed E-state index contributed by atoms with van der Waals surface area (Å²) in [4.78, 5) is 2.24. The number of allylic oxidation sites excluding steroid dienone is 1. The van der Waals surface area contributed by atoms with Crippen molar-refractivity contribution in [2.75, 3.05) is 12.0 Å². The van der Waals surface area contributed by atoms with Gasteiger partial charge in [-0.1, -0.05) is 78.9 Å². The molecule has 158 valence electrons. The van der Waals surface area contributed by atoms with Crippen molar-refractivity contribution in [1.29, 1.82) is 0 Å². The van der Waals surface area contributed by atoms with Gasteiger partial charge >= 0.3 is 0 Å². The van der Waals surface area contributed by atoms with E-state index in [0.717, 1.165) is 28.4 Å². The van der Waals surface area contributed by atoms with Crippen LogP contribution in [0.1, 0.15) is 23.6 Å². The molecule has 0 heterocycles. The summed E-state index contributed by atoms with van der Waals surface area (Å²) in [6.45, 7) is 2.03. The van der Waals surface area contributed by atoms with Gasteiger partial charge in [-0.3, -0.25) is 0 Å². The standard InChI is InChI=1S/C30H27NO/c1-3-7-24-10-12-25(13-11-24)14-15-26-16-18-28(19-17-26)31(27-8-5-4-6-9-27)29-20-22-30(32-2)23-21-29/h3-23H,1-2H3. The lowest BCUT2D eigenvalue weighted by Gasteiger charge is -2.25. The fourth-order valence-corrected chi connectivity index (χ4v) is 3.59. The lowest BCUT2D eigenvalue weighted by Crippen LogP contribution is -2.09. The minimum Gasteiger partial charge on any atom is -0.497 e. The number of benzene rings is 4. The van der Waals surface area contributed by atoms with Crippen LogP contribution >= 0.6 is 0 Å². The van der Waals surface area contributed by atoms with Crippen LogP contribution in [0.25, 0.3) is 18.2 Å². The van der Waals surface area contributed by atoms with Crippen LogP contribution < -0.4 is 9.64 Å². The summed E-state index contributed by atoms with van der Waals surface area (Å²) >= 11 is 0. The van der Waals surface area contributed by atoms with E-state index >= 15 is 0 Å². The summed E-state index contributed by atoms with van der Waals surface area (Å²) in [7, 11) is 1.69. The maximum absolute atomic E-state index is 5.33. The van der Waals surface area contributed by atoms with Crippen molar-refractivity contribution in [2.24, 2.45) is 0 Å². The third-order valence-corrected chi connectivity index (χ3v) is 5.26. The molecular formula is C30H27NO. The lowest BCUT2D eigenvalue weighted by atomic mass is 10.1. The average Bonchev–Trinajstić information content (AvgIpc) is 2.86. The SMILES string of the molecule is CC=Cc1ccc(C=Cc2ccc(N(c3ccccc3)c3ccc(OC)cc3)cc2)cc1. The molecule has 4 rings (SSSR count). The number of anilines is 3. The van der Waals surface area contributed by atoms with Gasteiger partial charge in [0.1, 0.15) is 5.75 Å². The van der Waals surface area contributed by atoms with Crippen molar-refractivity contribution in [1.82, 2.24) is 0 Å². The Morgan fingerprint density at radius 1 is 0.531 bits per heavy atom. The van der Waals surface area contributed by atoms with Crippen LogP contribution in [0.4, 0.5) is 17.1 Å². The van der Waals surface area contributed by atoms with Gasteiger partial charge in [0, 0.05) is 17.1 Å². The van der Waals surface area contributed by atoms with E-state index in [9.17, 15) is 0 Å². The lowest BCUT2D eigenvalue weighted by molar-refractivity contribution is 0.415. The molecule has 2 nitrogen and oxygen atoms in total. The van der Waals surface area contributed by atoms with E-state index in [0.29, 0.717) is 0 Å². The highest BCUT2D eigenvalue weighted by molar-refractivity contribution is 5.78. The third kappa shape index (κ3) is 5.16. The average molecular weight is 418 g/mol. The number of hydrogen-bond donors (Lipinski definition) is 0. The predicted molar refractivity (Wildman–Crippen MR) is 138 cm³/mol. The molecule has 0 fully saturated rings. The molecule has 0 aliphatic rings. The Morgan fingerprint density at radius 2 is 0.969 bits per heavy atom. The van der Waals surface area contributed by atoms with Gasteiger partial charge in [0.05, 0.1) is 7.11 Å². The maximum Gasteiger partial charge on any atom is 0.119 e. The van der Waals surface area contributed by atoms with Gasteiger partial charge in [0.25, 0.3) is 0 Å². The predicted octanol–water partition coefficient (Wildman–Crippen LogP) is 8.37. The second-order valence-electron chi connectivity index (χ2n) is 7.46. The van der Waals surface area contributed by atoms with Gasteiger partial charge in [-0.15, -0.1) is 0 Å². The van der Waals surface area contributed by atoms with E-state index < -0.39 is 0 Å². The summed E-state index contributed by atoms with van der Waals surface area (Å²) in [6, 6.07) is 35.7. The second kappa shape index (κ2) is 10.3. The Morgan fingerprint density at radius 3 is 1.47 bits per heavy atom. The van der Waals surface area contributed by atoms with Gasteiger partial charge in [-0.25, -0.2) is 0 Å². The third-order valence-electron chi connectivity index (χ3n) is 5.26. The van der Waals surface area contributed by atoms with Crippen LogP contribution in [0, 0.1) is 0 Å². The number of methoxy groups -OCH3 is 1. The van der Waals surface area contributed by atoms with Gasteiger partial charge in [-0.2, -0.15) is 0 Å². The Bertz CT molecular complexity index is 1170. The number of ether oxygens (including phenoxy) is 1. The number of hydrogen-bond acceptors (Lipinski definition) is 2. The molecule has 4 aromatic carbocycles. The number of para-hydroxylation sites is 1. The molecule has 0 amide bonds. The van der Waals surface area contributed by atoms with E-state index in [-0.39, 0.29) is 0 Å². The van der Waals surface area contributed by atoms with Crippen molar-refractivity contribution in [2.45, 2.75) is 6.92 Å². The zero-order valence-electron chi connectivity index (χ0n) is 18.5. The van der Waals surface area contributed by atoms with Crippen molar-refractivity contribution in [3.05, 3.63) is 126 Å². The smallest absolute Gasteiger partial charge is 0.119 e. The minimum atomic E-state index is 0.848. The first kappa shape index (κ1) is 21.2. The van der Waals surface area contributed by atoms with E-state index in [1.165, 1.54) is 11.1 Å². The van der Waals surface area contributed by atoms with Crippen LogP contribution in [0.5, 0.6) is 5.75 Å². The van der Waals surface area contributed by atoms with E-state index in [1.807, 2.05) is 25.1 Å². The summed E-state index contributed by atoms with van der Waals surface area (Å²) in [5, 5.41) is 0. The molecule has 0 saturated carbocycles. The Kier molecular flexibility index (Phi) is 6.84. The van der Waals surface area contributed by atoms with Gasteiger partial charge in [0.15, 0.2) is 0 Å². The second-order valence-corrected chi connectivity index (χ2v) is 7.46. The first-order valence-corrected chi connectivity index (χ1v) is 10.8. The molecule has 0 radical (unpaired) electrons. The van der Waals surface area contributed by atoms with Gasteiger partial charge in [-0.05, 0) is 72.1 Å². The van der Waals surface area contributed by atoms with E-state index in [4.69, 9.17) is 4.74 Å². The molecule has 0 aliphatic heterocycles. The van der Waals surface area contributed by atoms with Crippen molar-refractivity contribution < 1.29 is 4.74 Å². The van der Waals surface area contributed by atoms with E-state index in [2.05, 4.69) is 114 Å². The van der Waals surface area contributed by atoms with Crippen LogP contribution in [0.15, 0.2) is 109 Å². The van der Waals surface area contributed by atoms with Gasteiger partial charge in [0.2, 0.25) is 0 Å². The molecule has 0 unspecified atom stereocenters. The number of nitrogens with zero attached hydrogens (tertiary/aromatic N) is 1. The summed E-state index contributed by atoms with van der Waals surface area (Å²) in [5.74, 6) is 0.848. The Balaban J connectivity index is 1.59. The van der Waals surface area contributed by atoms with Gasteiger partial charge < -0.3 is 9.64 Å². The van der Waals surface area contributed by atoms with Crippen LogP contribution in [0.2, 0.25) is 0 Å². The summed E-state index contributed by atoms with van der Waals surface area (Å²) in [6.07, 6.45) is 8.45. The van der Waals surface area contributed by atoms with Crippen LogP contribution in [0.3, 0.4) is 0 Å². The molecular weight excluding hydrogens is 390 g/mol. The molecule has 4 aromatic rings. The Hall–Kier alpha value is -4.04. The van der Waals surface area contributed by atoms with Crippen molar-refractivity contribution in [3.8, 4) is 5.75 Å². The van der Waals surface area contributed by atoms with E-state index in [1.54, 1.807) is 7.11 Å². The highest BCUT2D eigenvalue weighted by atomic mass is 16.5. The fourth-order valence-electron chi connectivity index (χ4n) is 3.59. The van der Waals surface area contributed by atoms with Crippen molar-refractivity contribution >= 4 is 35.3 Å². The van der Waals surface area contributed by atoms with Crippen molar-refractivity contribution in [3.63, 3.8) is 0 Å². The quantitative estimate of drug-likeness (QED) is 0.280. The molecule has 0 aromatic heterocycles. The zero-order chi connectivity index (χ0) is 22.2. The van der Waals surface area contributed by atoms with Crippen LogP contribution in [-0.4, -0.2) is 7.11 Å². The molecule has 0 atom stereocenters.